The number of carbonyl (C=O) groups is 14. The van der Waals surface area contributed by atoms with Crippen LogP contribution in [0.25, 0.3) is 0 Å². The summed E-state index contributed by atoms with van der Waals surface area (Å²) in [6.45, 7) is 31.8. The molecule has 1 aromatic carbocycles. The smallest absolute Gasteiger partial charge is 0.329 e. The van der Waals surface area contributed by atoms with Crippen LogP contribution in [-0.4, -0.2) is 191 Å². The van der Waals surface area contributed by atoms with Gasteiger partial charge in [-0.2, -0.15) is 0 Å². The number of benzene rings is 1. The summed E-state index contributed by atoms with van der Waals surface area (Å²) >= 11 is 0. The molecule has 2 fully saturated rings. The monoisotopic (exact) mass is 1480 g/mol. The van der Waals surface area contributed by atoms with Gasteiger partial charge >= 0.3 is 5.97 Å². The molecule has 4 unspecified atom stereocenters. The lowest BCUT2D eigenvalue weighted by atomic mass is 9.95. The van der Waals surface area contributed by atoms with Gasteiger partial charge in [-0.1, -0.05) is 166 Å². The third-order valence-corrected chi connectivity index (χ3v) is 19.3. The van der Waals surface area contributed by atoms with Crippen LogP contribution in [0.15, 0.2) is 42.1 Å². The zero-order valence-corrected chi connectivity index (χ0v) is 65.2. The molecule has 590 valence electrons. The number of carbonyl (C=O) groups excluding carboxylic acids is 14. The fraction of sp³-hybridized carbons (Fsp3) is 0.707. The molecular formula is C75H124N14O16. The predicted molar refractivity (Wildman–Crippen MR) is 395 cm³/mol. The van der Waals surface area contributed by atoms with Crippen LogP contribution in [0.5, 0.6) is 0 Å². The summed E-state index contributed by atoms with van der Waals surface area (Å²) in [6.07, 6.45) is 1.02. The van der Waals surface area contributed by atoms with Gasteiger partial charge in [0.25, 0.3) is 5.91 Å². The molecule has 15 N–H and O–H groups in total. The Morgan fingerprint density at radius 3 is 1.69 bits per heavy atom. The molecule has 2 aliphatic rings. The van der Waals surface area contributed by atoms with Crippen LogP contribution in [-0.2, 0) is 78.3 Å². The van der Waals surface area contributed by atoms with E-state index < -0.39 is 203 Å². The molecule has 0 aromatic heterocycles. The van der Waals surface area contributed by atoms with E-state index in [2.05, 4.69) is 63.8 Å². The van der Waals surface area contributed by atoms with Gasteiger partial charge in [-0.15, -0.1) is 0 Å². The fourth-order valence-electron chi connectivity index (χ4n) is 12.1. The number of allylic oxidation sites excluding steroid dienone is 1. The zero-order valence-electron chi connectivity index (χ0n) is 65.2. The van der Waals surface area contributed by atoms with E-state index in [-0.39, 0.29) is 63.2 Å². The molecule has 0 saturated carbocycles. The highest BCUT2D eigenvalue weighted by Gasteiger charge is 2.44. The van der Waals surface area contributed by atoms with Crippen molar-refractivity contribution in [2.75, 3.05) is 13.1 Å². The van der Waals surface area contributed by atoms with Crippen LogP contribution in [0.3, 0.4) is 0 Å². The van der Waals surface area contributed by atoms with Crippen LogP contribution < -0.4 is 69.5 Å². The lowest BCUT2D eigenvalue weighted by Crippen LogP contribution is -2.64. The molecule has 105 heavy (non-hydrogen) atoms. The molecule has 1 aromatic rings. The Kier molecular flexibility index (Phi) is 37.8. The Hall–Kier alpha value is -8.54. The van der Waals surface area contributed by atoms with E-state index in [1.165, 1.54) is 31.7 Å². The van der Waals surface area contributed by atoms with Crippen molar-refractivity contribution in [1.29, 1.82) is 0 Å². The van der Waals surface area contributed by atoms with Crippen molar-refractivity contribution in [2.45, 2.75) is 280 Å². The highest BCUT2D eigenvalue weighted by molar-refractivity contribution is 6.03. The van der Waals surface area contributed by atoms with Crippen molar-refractivity contribution in [3.8, 4) is 0 Å². The highest BCUT2D eigenvalue weighted by Crippen LogP contribution is 2.23. The fourth-order valence-corrected chi connectivity index (χ4v) is 12.1. The summed E-state index contributed by atoms with van der Waals surface area (Å²) in [5, 5.41) is 43.2. The van der Waals surface area contributed by atoms with Crippen molar-refractivity contribution >= 4 is 82.8 Å². The standard InChI is InChI=1S/C75H124N14O16/c1-20-44(16)59(71(100)88-62-47(19)105-75(104)58(43(14)15)84-63(92)49(22-3)77-65(94)51(37-48-30-24-23-25-31-48)79-67(96)55(40(8)9)81-70(99)60(45(17)21-2)86-73(62)102)85-64(93)50(32-27-35-76)78-66(95)52-33-28-36-89(52)74(103)57(42(12)13)83-69(98)56(41(10)11)82-72(101)61(46(18)90)87-68(97)54(39(6)7)80-53(91)34-26-29-38(4)5/h22-25,30-31,38-47,50-52,54-62,90H,20-21,26-29,32-37,76H2,1-19H3,(H,77,94)(H,78,95)(H,79,96)(H,80,91)(H,81,99)(H,82,101)(H,83,98)(H,84,92)(H,85,93)(H,86,102)(H,87,97)(H,88,100)/b49-22-/t44?,45?,46?,47?,50-,51-,52-,54+,55+,56-,57+,58-,59+,60+,61-,62+/m0/s1. The Bertz CT molecular complexity index is 3160. The van der Waals surface area contributed by atoms with E-state index in [0.717, 1.165) is 6.42 Å². The number of ether oxygens (including phenoxy) is 1. The molecular weight excluding hydrogens is 1350 g/mol. The summed E-state index contributed by atoms with van der Waals surface area (Å²) in [7, 11) is 0. The Morgan fingerprint density at radius 1 is 0.610 bits per heavy atom. The molecule has 2 saturated heterocycles. The lowest BCUT2D eigenvalue weighted by Gasteiger charge is -2.33. The minimum absolute atomic E-state index is 0.0355. The van der Waals surface area contributed by atoms with Crippen molar-refractivity contribution < 1.29 is 77.0 Å². The molecule has 0 bridgehead atoms. The number of cyclic esters (lactones) is 1. The van der Waals surface area contributed by atoms with Gasteiger partial charge in [0.05, 0.1) is 6.10 Å². The molecule has 2 heterocycles. The Morgan fingerprint density at radius 2 is 1.15 bits per heavy atom. The van der Waals surface area contributed by atoms with Crippen LogP contribution in [0.4, 0.5) is 0 Å². The molecule has 30 heteroatoms. The van der Waals surface area contributed by atoms with Crippen molar-refractivity contribution in [1.82, 2.24) is 68.7 Å². The number of hydrogen-bond acceptors (Lipinski definition) is 17. The largest absolute Gasteiger partial charge is 0.458 e. The Labute approximate surface area is 620 Å². The molecule has 0 aliphatic carbocycles. The van der Waals surface area contributed by atoms with Crippen molar-refractivity contribution in [3.63, 3.8) is 0 Å². The van der Waals surface area contributed by atoms with E-state index >= 15 is 9.59 Å². The van der Waals surface area contributed by atoms with Crippen LogP contribution in [0.2, 0.25) is 0 Å². The topological polar surface area (TPSA) is 442 Å². The van der Waals surface area contributed by atoms with Gasteiger partial charge in [0.15, 0.2) is 0 Å². The number of hydrogen-bond donors (Lipinski definition) is 14. The number of amides is 13. The van der Waals surface area contributed by atoms with E-state index in [1.54, 1.807) is 127 Å². The van der Waals surface area contributed by atoms with Gasteiger partial charge in [0.1, 0.15) is 84.3 Å². The number of nitrogens with two attached hydrogens (primary N) is 1. The first-order valence-electron chi connectivity index (χ1n) is 37.5. The summed E-state index contributed by atoms with van der Waals surface area (Å²) in [5.41, 5.74) is 6.34. The summed E-state index contributed by atoms with van der Waals surface area (Å²) in [5.74, 6) is -15.1. The number of aliphatic hydroxyl groups is 1. The normalized spacial score (nSPS) is 22.6. The minimum atomic E-state index is -1.83. The Balaban J connectivity index is 2.00. The van der Waals surface area contributed by atoms with Gasteiger partial charge in [0.2, 0.25) is 70.9 Å². The van der Waals surface area contributed by atoms with Gasteiger partial charge in [0, 0.05) is 19.4 Å². The molecule has 3 rings (SSSR count). The molecule has 0 radical (unpaired) electrons. The van der Waals surface area contributed by atoms with Crippen LogP contribution in [0.1, 0.15) is 195 Å². The third kappa shape index (κ3) is 27.7. The third-order valence-electron chi connectivity index (χ3n) is 19.3. The number of likely N-dealkylation sites (tertiary alicyclic amines) is 1. The van der Waals surface area contributed by atoms with Crippen molar-refractivity contribution in [3.05, 3.63) is 47.7 Å². The number of aliphatic hydroxyl groups excluding tert-OH is 1. The van der Waals surface area contributed by atoms with E-state index in [4.69, 9.17) is 10.5 Å². The summed E-state index contributed by atoms with van der Waals surface area (Å²) in [6, 6.07) is -7.67. The molecule has 30 nitrogen and oxygen atoms in total. The average molecular weight is 1480 g/mol. The summed E-state index contributed by atoms with van der Waals surface area (Å²) in [4.78, 5) is 202. The number of nitrogens with one attached hydrogen (secondary N) is 12. The molecule has 13 amide bonds. The maximum absolute atomic E-state index is 15.0. The van der Waals surface area contributed by atoms with Crippen molar-refractivity contribution in [2.24, 2.45) is 53.1 Å². The minimum Gasteiger partial charge on any atom is -0.458 e. The number of nitrogens with zero attached hydrogens (tertiary/aromatic N) is 1. The first kappa shape index (κ1) is 90.7. The van der Waals surface area contributed by atoms with Gasteiger partial charge in [-0.25, -0.2) is 4.79 Å². The SMILES string of the molecule is C/C=C1\NC(=O)[C@H](Cc2ccccc2)NC(=O)[C@@H](C(C)C)NC(=O)[C@@H](C(C)CC)NC(=O)[C@H](NC(=O)[C@H](NC(=O)[C@H](CCCN)NC(=O)[C@@H]2CCCN2C(=O)[C@H](NC(=O)[C@@H](NC(=O)[C@@H](NC(=O)[C@H](NC(=O)CCCC(C)C)C(C)C)C(C)O)C(C)C)C(C)C)C(C)CC)C(C)OC(=O)[C@H](C(C)C)NC1=O. The second kappa shape index (κ2) is 43.8. The number of esters is 1. The second-order valence-corrected chi connectivity index (χ2v) is 30.2. The first-order valence-corrected chi connectivity index (χ1v) is 37.5. The zero-order chi connectivity index (χ0) is 79.4. The van der Waals surface area contributed by atoms with E-state index in [1.807, 2.05) is 13.8 Å². The maximum atomic E-state index is 15.0. The molecule has 0 spiro atoms. The van der Waals surface area contributed by atoms with Gasteiger partial charge < -0.3 is 84.3 Å². The highest BCUT2D eigenvalue weighted by atomic mass is 16.5. The van der Waals surface area contributed by atoms with E-state index in [9.17, 15) is 62.6 Å². The summed E-state index contributed by atoms with van der Waals surface area (Å²) < 4.78 is 5.96. The first-order chi connectivity index (χ1) is 49.2. The maximum Gasteiger partial charge on any atom is 0.329 e. The predicted octanol–water partition coefficient (Wildman–Crippen LogP) is 1.84. The second-order valence-electron chi connectivity index (χ2n) is 30.2. The molecule has 16 atom stereocenters. The van der Waals surface area contributed by atoms with Gasteiger partial charge in [-0.05, 0) is 112 Å². The van der Waals surface area contributed by atoms with Crippen LogP contribution in [0, 0.1) is 47.3 Å². The molecule has 2 aliphatic heterocycles. The quantitative estimate of drug-likeness (QED) is 0.0353. The number of rotatable bonds is 33. The lowest BCUT2D eigenvalue weighted by molar-refractivity contribution is -0.157. The van der Waals surface area contributed by atoms with E-state index in [0.29, 0.717) is 30.7 Å². The van der Waals surface area contributed by atoms with Crippen LogP contribution >= 0.6 is 0 Å². The average Bonchev–Trinajstić information content (AvgIpc) is 1.79. The van der Waals surface area contributed by atoms with Gasteiger partial charge in [-0.3, -0.25) is 62.3 Å².